The fraction of sp³-hybridized carbons (Fsp3) is 0.202. The fourth-order valence-corrected chi connectivity index (χ4v) is 15.1. The van der Waals surface area contributed by atoms with Crippen LogP contribution in [-0.2, 0) is 36.7 Å². The number of aromatic carboxylic acids is 3. The molecule has 13 aromatic carbocycles. The minimum absolute atomic E-state index is 0.0563. The number of alkyl halides is 6. The average molecular weight is 1820 g/mol. The molecule has 686 valence electrons. The van der Waals surface area contributed by atoms with E-state index in [-0.39, 0.29) is 54.9 Å². The van der Waals surface area contributed by atoms with Gasteiger partial charge < -0.3 is 65.6 Å². The Morgan fingerprint density at radius 2 is 0.664 bits per heavy atom. The Kier molecular flexibility index (Phi) is 34.5. The van der Waals surface area contributed by atoms with Gasteiger partial charge in [-0.25, -0.2) is 22.8 Å². The quantitative estimate of drug-likeness (QED) is 0.0298. The molecule has 0 amide bonds. The molecule has 131 heavy (non-hydrogen) atoms. The van der Waals surface area contributed by atoms with Crippen molar-refractivity contribution in [3.8, 4) is 79.7 Å². The lowest BCUT2D eigenvalue weighted by Gasteiger charge is -2.38. The van der Waals surface area contributed by atoms with Crippen LogP contribution in [0.25, 0.3) is 22.3 Å². The number of ether oxygens (including phenoxy) is 2. The number of benzene rings is 13. The number of rotatable bonds is 17. The lowest BCUT2D eigenvalue weighted by atomic mass is 9.72. The van der Waals surface area contributed by atoms with E-state index >= 15 is 0 Å². The summed E-state index contributed by atoms with van der Waals surface area (Å²) in [5.41, 5.74) is 10.9. The van der Waals surface area contributed by atoms with E-state index < -0.39 is 68.1 Å². The number of hydrogen-bond acceptors (Lipinski definition) is 17. The van der Waals surface area contributed by atoms with Crippen LogP contribution < -0.4 is 9.47 Å². The molecule has 0 saturated carbocycles. The van der Waals surface area contributed by atoms with Gasteiger partial charge in [0.1, 0.15) is 57.5 Å². The minimum atomic E-state index is -5.71. The highest BCUT2D eigenvalue weighted by Gasteiger charge is 2.72. The molecule has 0 spiro atoms. The van der Waals surface area contributed by atoms with Crippen molar-refractivity contribution in [2.45, 2.75) is 150 Å². The summed E-state index contributed by atoms with van der Waals surface area (Å²) >= 11 is 0. The molecule has 0 aliphatic rings. The zero-order valence-corrected chi connectivity index (χ0v) is 75.5. The van der Waals surface area contributed by atoms with Gasteiger partial charge in [-0.3, -0.25) is 9.59 Å². The van der Waals surface area contributed by atoms with Crippen molar-refractivity contribution in [2.24, 2.45) is 0 Å². The average Bonchev–Trinajstić information content (AvgIpc) is 0.711. The summed E-state index contributed by atoms with van der Waals surface area (Å²) in [4.78, 5) is 54.3. The van der Waals surface area contributed by atoms with Gasteiger partial charge in [0.2, 0.25) is 15.3 Å². The Labute approximate surface area is 755 Å². The number of aromatic hydroxyl groups is 8. The summed E-state index contributed by atoms with van der Waals surface area (Å²) in [6.45, 7) is 29.3. The molecule has 0 aliphatic carbocycles. The van der Waals surface area contributed by atoms with Crippen molar-refractivity contribution in [3.63, 3.8) is 0 Å². The lowest BCUT2D eigenvalue weighted by molar-refractivity contribution is -0.288. The maximum absolute atomic E-state index is 13.9. The molecular formula is C104H102F6O20S. The molecule has 0 aromatic heterocycles. The summed E-state index contributed by atoms with van der Waals surface area (Å²) < 4.78 is 118. The third kappa shape index (κ3) is 26.2. The first-order chi connectivity index (χ1) is 61.2. The number of carboxylic acid groups (broad SMARTS) is 3. The highest BCUT2D eigenvalue weighted by atomic mass is 32.2. The predicted molar refractivity (Wildman–Crippen MR) is 489 cm³/mol. The molecule has 0 fully saturated rings. The molecule has 11 N–H and O–H groups in total. The van der Waals surface area contributed by atoms with E-state index in [0.29, 0.717) is 100 Å². The third-order valence-electron chi connectivity index (χ3n) is 21.5. The molecule has 0 heterocycles. The van der Waals surface area contributed by atoms with E-state index in [1.807, 2.05) is 147 Å². The number of phenols is 8. The number of carbonyl (C=O) groups is 5. The number of carbonyl (C=O) groups excluding carboxylic acids is 2. The van der Waals surface area contributed by atoms with Crippen molar-refractivity contribution in [1.29, 1.82) is 0 Å². The fourth-order valence-electron chi connectivity index (χ4n) is 13.7. The molecule has 0 saturated heterocycles. The summed E-state index contributed by atoms with van der Waals surface area (Å²) in [5, 5.41) is 103. The van der Waals surface area contributed by atoms with Crippen molar-refractivity contribution in [3.05, 3.63) is 365 Å². The van der Waals surface area contributed by atoms with Crippen LogP contribution in [0.5, 0.6) is 57.5 Å². The molecule has 0 unspecified atom stereocenters. The van der Waals surface area contributed by atoms with Crippen LogP contribution in [0.4, 0.5) is 26.3 Å². The van der Waals surface area contributed by atoms with Gasteiger partial charge >= 0.3 is 30.3 Å². The largest absolute Gasteiger partial charge is 0.508 e. The number of sulfone groups is 1. The minimum Gasteiger partial charge on any atom is -0.508 e. The van der Waals surface area contributed by atoms with E-state index in [2.05, 4.69) is 13.8 Å². The first-order valence-electron chi connectivity index (χ1n) is 40.3. The van der Waals surface area contributed by atoms with Crippen LogP contribution in [-0.4, -0.2) is 108 Å². The maximum atomic E-state index is 13.9. The lowest BCUT2D eigenvalue weighted by Crippen LogP contribution is -2.54. The standard InChI is InChI=1S/C17H14F6O2.C17H16O4.C17H20O2.C16H14O4.C14H14O4S.C14H14O2.C9H10O2/c1-9-7-11(3-5-13(9)24)15(16(18,19)20,17(21,22)23)12-4-6-14(25)10(2)8-12;1-11-3-5-13(8-15(11)17(19)20)7-14-6-4-12(2)16(9-14)21-10-18;1-11-9-13(5-7-15(11)18)17(3,4)14-6-8-16(19)12(2)10-14;1-10-3-5-12(14(7-10)16(18)19)13-6-4-11(2)8-15(13)20-9-17;1-9-7-11(3-5-13(9)15)19(17,18)12-4-6-14(16)10(2)8-12;1-9-3-5-11(7-13(9)15)12-6-4-10(2)14(16)8-12;1-6-3-7(2)5-8(4-6)9(10)11/h3-8,24-25H,1-2H3;3-6,8-10H,7H2,1-2H3,(H,19,20);5-10,18-19H,1-4H3;3-9H,1-2H3,(H,18,19);3-8,15-16H,1-2H3;3-8,15-16H,1-2H3;3-5H,1-2H3,(H,10,11). The SMILES string of the molecule is Cc1cc(C(C)(C)c2ccc(O)c(C)c2)ccc1O.Cc1cc(C(c2ccc(O)c(C)c2)(C(F)(F)F)C(F)(F)F)ccc1O.Cc1cc(C)cc(C(=O)O)c1.Cc1cc(S(=O)(=O)c2ccc(O)c(C)c2)ccc1O.Cc1ccc(-c2ccc(C)c(O)c2)cc1O.Cc1ccc(-c2ccc(C)cc2C(=O)O)c(OC=O)c1.Cc1ccc(Cc2ccc(C)c(C(=O)O)c2)cc1OC=O. The number of aryl methyl sites for hydroxylation is 14. The summed E-state index contributed by atoms with van der Waals surface area (Å²) in [5.74, 6) is -1.45. The van der Waals surface area contributed by atoms with Crippen LogP contribution in [0, 0.1) is 96.9 Å². The van der Waals surface area contributed by atoms with Gasteiger partial charge in [-0.2, -0.15) is 26.3 Å². The normalized spacial score (nSPS) is 11.1. The topological polar surface area (TPSA) is 360 Å². The van der Waals surface area contributed by atoms with Gasteiger partial charge in [-0.1, -0.05) is 158 Å². The Bertz CT molecular complexity index is 6240. The van der Waals surface area contributed by atoms with Crippen LogP contribution >= 0.6 is 0 Å². The Balaban J connectivity index is 0.000000211. The molecule has 0 radical (unpaired) electrons. The van der Waals surface area contributed by atoms with Gasteiger partial charge in [0.05, 0.1) is 26.5 Å². The maximum Gasteiger partial charge on any atom is 0.411 e. The molecule has 13 aromatic rings. The van der Waals surface area contributed by atoms with Gasteiger partial charge in [0, 0.05) is 11.0 Å². The first kappa shape index (κ1) is 103. The number of halogens is 6. The Morgan fingerprint density at radius 1 is 0.313 bits per heavy atom. The Morgan fingerprint density at radius 3 is 1.04 bits per heavy atom. The second kappa shape index (κ2) is 43.8. The van der Waals surface area contributed by atoms with Crippen molar-refractivity contribution < 1.29 is 124 Å². The zero-order chi connectivity index (χ0) is 97.9. The molecule has 20 nitrogen and oxygen atoms in total. The van der Waals surface area contributed by atoms with Gasteiger partial charge in [0.25, 0.3) is 12.9 Å². The van der Waals surface area contributed by atoms with E-state index in [9.17, 15) is 105 Å². The predicted octanol–water partition coefficient (Wildman–Crippen LogP) is 23.4. The van der Waals surface area contributed by atoms with Crippen LogP contribution in [0.15, 0.2) is 246 Å². The molecule has 0 bridgehead atoms. The molecule has 13 rings (SSSR count). The monoisotopic (exact) mass is 1820 g/mol. The van der Waals surface area contributed by atoms with Crippen LogP contribution in [0.2, 0.25) is 0 Å². The summed E-state index contributed by atoms with van der Waals surface area (Å²) in [6.07, 6.45) is -10.8. The first-order valence-corrected chi connectivity index (χ1v) is 41.8. The summed E-state index contributed by atoms with van der Waals surface area (Å²) in [7, 11) is -3.64. The van der Waals surface area contributed by atoms with Gasteiger partial charge in [-0.05, 0) is 324 Å². The highest BCUT2D eigenvalue weighted by Crippen LogP contribution is 2.57. The molecule has 27 heteroatoms. The second-order valence-corrected chi connectivity index (χ2v) is 33.9. The van der Waals surface area contributed by atoms with E-state index in [1.54, 1.807) is 99.6 Å². The van der Waals surface area contributed by atoms with E-state index in [1.165, 1.54) is 50.2 Å². The molecule has 0 atom stereocenters. The van der Waals surface area contributed by atoms with Crippen molar-refractivity contribution >= 4 is 40.7 Å². The zero-order valence-electron chi connectivity index (χ0n) is 74.6. The van der Waals surface area contributed by atoms with Gasteiger partial charge in [0.15, 0.2) is 0 Å². The number of carboxylic acids is 3. The smallest absolute Gasteiger partial charge is 0.411 e. The van der Waals surface area contributed by atoms with Crippen LogP contribution in [0.1, 0.15) is 156 Å². The van der Waals surface area contributed by atoms with Crippen molar-refractivity contribution in [1.82, 2.24) is 0 Å². The highest BCUT2D eigenvalue weighted by molar-refractivity contribution is 7.91. The third-order valence-corrected chi connectivity index (χ3v) is 23.2. The van der Waals surface area contributed by atoms with Crippen LogP contribution in [0.3, 0.4) is 0 Å². The molecular weight excluding hydrogens is 1720 g/mol. The Hall–Kier alpha value is -14.9. The van der Waals surface area contributed by atoms with Crippen molar-refractivity contribution in [2.75, 3.05) is 0 Å². The molecule has 0 aliphatic heterocycles. The van der Waals surface area contributed by atoms with Gasteiger partial charge in [-0.15, -0.1) is 0 Å². The summed E-state index contributed by atoms with van der Waals surface area (Å²) in [6, 6.07) is 61.5. The van der Waals surface area contributed by atoms with E-state index in [0.717, 1.165) is 101 Å². The van der Waals surface area contributed by atoms with E-state index in [4.69, 9.17) is 19.7 Å². The second-order valence-electron chi connectivity index (χ2n) is 32.0. The number of phenolic OH excluding ortho intramolecular Hbond substituents is 8. The number of hydrogen-bond donors (Lipinski definition) is 11.